The molecular weight excluding hydrogens is 357 g/mol. The second-order valence-corrected chi connectivity index (χ2v) is 9.00. The van der Waals surface area contributed by atoms with E-state index in [1.807, 2.05) is 72.3 Å². The van der Waals surface area contributed by atoms with Crippen LogP contribution in [0.15, 0.2) is 60.7 Å². The zero-order valence-corrected chi connectivity index (χ0v) is 17.0. The maximum absolute atomic E-state index is 13.9. The predicted octanol–water partition coefficient (Wildman–Crippen LogP) is 6.18. The van der Waals surface area contributed by atoms with Crippen LogP contribution in [0, 0.1) is 0 Å². The van der Waals surface area contributed by atoms with E-state index in [1.165, 1.54) is 19.3 Å². The second-order valence-electron chi connectivity index (χ2n) is 7.03. The Hall–Kier alpha value is -1.45. The Kier molecular flexibility index (Phi) is 7.66. The lowest BCUT2D eigenvalue weighted by Crippen LogP contribution is -2.35. The number of rotatable bonds is 9. The standard InChI is InChI=1S/C22H30NO3P/c1-2-23(22-16-10-5-11-17-22)27(24,25-18-20-12-6-3-7-13-20)26-19-21-14-8-4-9-15-21/h3-4,6-9,12-15,22H,2,5,10-11,16-19H2,1H3. The number of hydrogen-bond donors (Lipinski definition) is 0. The maximum atomic E-state index is 13.9. The van der Waals surface area contributed by atoms with Crippen molar-refractivity contribution >= 4 is 7.75 Å². The van der Waals surface area contributed by atoms with Gasteiger partial charge in [0.1, 0.15) is 0 Å². The minimum absolute atomic E-state index is 0.265. The fourth-order valence-corrected chi connectivity index (χ4v) is 5.63. The molecule has 0 aliphatic heterocycles. The van der Waals surface area contributed by atoms with Gasteiger partial charge in [0.2, 0.25) is 0 Å². The Balaban J connectivity index is 1.76. The van der Waals surface area contributed by atoms with E-state index in [-0.39, 0.29) is 19.3 Å². The Morgan fingerprint density at radius 2 is 1.33 bits per heavy atom. The third-order valence-electron chi connectivity index (χ3n) is 5.11. The molecule has 0 atom stereocenters. The molecule has 1 saturated carbocycles. The molecule has 0 aromatic heterocycles. The van der Waals surface area contributed by atoms with Crippen molar-refractivity contribution in [3.05, 3.63) is 71.8 Å². The third-order valence-corrected chi connectivity index (χ3v) is 7.26. The summed E-state index contributed by atoms with van der Waals surface area (Å²) < 4.78 is 27.9. The molecule has 0 heterocycles. The summed E-state index contributed by atoms with van der Waals surface area (Å²) in [6, 6.07) is 20.0. The molecule has 0 unspecified atom stereocenters. The molecule has 4 nitrogen and oxygen atoms in total. The Labute approximate surface area is 163 Å². The van der Waals surface area contributed by atoms with Crippen molar-refractivity contribution in [3.63, 3.8) is 0 Å². The van der Waals surface area contributed by atoms with Crippen LogP contribution in [-0.4, -0.2) is 17.3 Å². The van der Waals surface area contributed by atoms with E-state index >= 15 is 0 Å². The van der Waals surface area contributed by atoms with Gasteiger partial charge in [-0.3, -0.25) is 9.05 Å². The van der Waals surface area contributed by atoms with Gasteiger partial charge in [-0.05, 0) is 24.0 Å². The third kappa shape index (κ3) is 5.76. The first-order valence-corrected chi connectivity index (χ1v) is 11.4. The van der Waals surface area contributed by atoms with E-state index in [9.17, 15) is 4.57 Å². The van der Waals surface area contributed by atoms with Gasteiger partial charge in [-0.1, -0.05) is 86.8 Å². The van der Waals surface area contributed by atoms with E-state index < -0.39 is 7.75 Å². The lowest BCUT2D eigenvalue weighted by Gasteiger charge is -2.37. The van der Waals surface area contributed by atoms with E-state index in [4.69, 9.17) is 9.05 Å². The van der Waals surface area contributed by atoms with Crippen LogP contribution in [0.3, 0.4) is 0 Å². The van der Waals surface area contributed by atoms with E-state index in [1.54, 1.807) is 0 Å². The smallest absolute Gasteiger partial charge is 0.292 e. The van der Waals surface area contributed by atoms with Gasteiger partial charge in [0.25, 0.3) is 0 Å². The van der Waals surface area contributed by atoms with Crippen LogP contribution in [0.5, 0.6) is 0 Å². The molecule has 27 heavy (non-hydrogen) atoms. The highest BCUT2D eigenvalue weighted by molar-refractivity contribution is 7.51. The van der Waals surface area contributed by atoms with Crippen molar-refractivity contribution in [2.45, 2.75) is 58.3 Å². The zero-order chi connectivity index (χ0) is 19.0. The van der Waals surface area contributed by atoms with Crippen LogP contribution < -0.4 is 0 Å². The SMILES string of the molecule is CCN(C1CCCCC1)P(=O)(OCc1ccccc1)OCc1ccccc1. The summed E-state index contributed by atoms with van der Waals surface area (Å²) in [7, 11) is -3.40. The van der Waals surface area contributed by atoms with Gasteiger partial charge in [-0.2, -0.15) is 0 Å². The minimum Gasteiger partial charge on any atom is -0.292 e. The van der Waals surface area contributed by atoms with Gasteiger partial charge in [0.05, 0.1) is 13.2 Å². The molecule has 0 radical (unpaired) electrons. The van der Waals surface area contributed by atoms with Crippen LogP contribution in [0.25, 0.3) is 0 Å². The molecule has 0 bridgehead atoms. The number of benzene rings is 2. The quantitative estimate of drug-likeness (QED) is 0.481. The topological polar surface area (TPSA) is 38.8 Å². The van der Waals surface area contributed by atoms with Crippen LogP contribution >= 0.6 is 7.75 Å². The lowest BCUT2D eigenvalue weighted by molar-refractivity contribution is 0.120. The fraction of sp³-hybridized carbons (Fsp3) is 0.455. The largest absolute Gasteiger partial charge is 0.409 e. The average molecular weight is 387 g/mol. The maximum Gasteiger partial charge on any atom is 0.409 e. The monoisotopic (exact) mass is 387 g/mol. The van der Waals surface area contributed by atoms with Gasteiger partial charge in [-0.15, -0.1) is 0 Å². The molecule has 0 saturated heterocycles. The summed E-state index contributed by atoms with van der Waals surface area (Å²) in [6.07, 6.45) is 5.73. The average Bonchev–Trinajstić information content (AvgIpc) is 2.74. The van der Waals surface area contributed by atoms with E-state index in [0.29, 0.717) is 6.54 Å². The Morgan fingerprint density at radius 1 is 0.852 bits per heavy atom. The van der Waals surface area contributed by atoms with Gasteiger partial charge in [0.15, 0.2) is 0 Å². The molecule has 0 amide bonds. The molecule has 1 aliphatic carbocycles. The van der Waals surface area contributed by atoms with E-state index in [0.717, 1.165) is 24.0 Å². The summed E-state index contributed by atoms with van der Waals surface area (Å²) in [5.41, 5.74) is 2.00. The number of nitrogens with zero attached hydrogens (tertiary/aromatic N) is 1. The summed E-state index contributed by atoms with van der Waals surface area (Å²) >= 11 is 0. The van der Waals surface area contributed by atoms with Crippen LogP contribution in [0.2, 0.25) is 0 Å². The molecule has 146 valence electrons. The summed E-state index contributed by atoms with van der Waals surface area (Å²) in [4.78, 5) is 0. The molecular formula is C22H30NO3P. The molecule has 2 aromatic carbocycles. The van der Waals surface area contributed by atoms with E-state index in [2.05, 4.69) is 0 Å². The second kappa shape index (κ2) is 10.2. The first kappa shape index (κ1) is 20.3. The highest BCUT2D eigenvalue weighted by atomic mass is 31.2. The van der Waals surface area contributed by atoms with Crippen LogP contribution in [0.4, 0.5) is 0 Å². The molecule has 2 aromatic rings. The lowest BCUT2D eigenvalue weighted by atomic mass is 9.95. The molecule has 1 fully saturated rings. The predicted molar refractivity (Wildman–Crippen MR) is 109 cm³/mol. The first-order valence-electron chi connectivity index (χ1n) is 9.95. The van der Waals surface area contributed by atoms with Crippen LogP contribution in [0.1, 0.15) is 50.2 Å². The van der Waals surface area contributed by atoms with Gasteiger partial charge in [-0.25, -0.2) is 9.24 Å². The summed E-state index contributed by atoms with van der Waals surface area (Å²) in [5, 5.41) is 0. The summed E-state index contributed by atoms with van der Waals surface area (Å²) in [6.45, 7) is 3.27. The van der Waals surface area contributed by atoms with Crippen molar-refractivity contribution in [1.29, 1.82) is 0 Å². The van der Waals surface area contributed by atoms with Crippen molar-refractivity contribution in [3.8, 4) is 0 Å². The van der Waals surface area contributed by atoms with Gasteiger partial charge >= 0.3 is 7.75 Å². The van der Waals surface area contributed by atoms with Crippen LogP contribution in [-0.2, 0) is 26.8 Å². The fourth-order valence-electron chi connectivity index (χ4n) is 3.66. The minimum atomic E-state index is -3.40. The Bertz CT molecular complexity index is 669. The highest BCUT2D eigenvalue weighted by Gasteiger charge is 2.38. The highest BCUT2D eigenvalue weighted by Crippen LogP contribution is 2.55. The molecule has 3 rings (SSSR count). The normalized spacial score (nSPS) is 15.9. The number of hydrogen-bond acceptors (Lipinski definition) is 3. The molecule has 1 aliphatic rings. The van der Waals surface area contributed by atoms with Crippen molar-refractivity contribution in [2.75, 3.05) is 6.54 Å². The first-order chi connectivity index (χ1) is 13.2. The zero-order valence-electron chi connectivity index (χ0n) is 16.1. The molecule has 5 heteroatoms. The van der Waals surface area contributed by atoms with Gasteiger partial charge < -0.3 is 0 Å². The molecule has 0 spiro atoms. The Morgan fingerprint density at radius 3 is 1.78 bits per heavy atom. The van der Waals surface area contributed by atoms with Gasteiger partial charge in [0, 0.05) is 12.6 Å². The van der Waals surface area contributed by atoms with Crippen molar-refractivity contribution in [2.24, 2.45) is 0 Å². The molecule has 0 N–H and O–H groups in total. The van der Waals surface area contributed by atoms with Crippen molar-refractivity contribution in [1.82, 2.24) is 4.67 Å². The van der Waals surface area contributed by atoms with Crippen molar-refractivity contribution < 1.29 is 13.6 Å². The summed E-state index contributed by atoms with van der Waals surface area (Å²) in [5.74, 6) is 0.